The lowest BCUT2D eigenvalue weighted by atomic mass is 10.1. The molecule has 0 radical (unpaired) electrons. The summed E-state index contributed by atoms with van der Waals surface area (Å²) in [4.78, 5) is 24.2. The van der Waals surface area contributed by atoms with E-state index in [0.29, 0.717) is 17.7 Å². The van der Waals surface area contributed by atoms with E-state index in [2.05, 4.69) is 10.6 Å². The fourth-order valence-electron chi connectivity index (χ4n) is 2.04. The highest BCUT2D eigenvalue weighted by molar-refractivity contribution is 6.03. The van der Waals surface area contributed by atoms with Crippen molar-refractivity contribution >= 4 is 17.5 Å². The number of carbonyl (C=O) groups excluding carboxylic acids is 2. The van der Waals surface area contributed by atoms with Crippen LogP contribution in [0.3, 0.4) is 0 Å². The number of furan rings is 1. The summed E-state index contributed by atoms with van der Waals surface area (Å²) >= 11 is 0. The minimum Gasteiger partial charge on any atom is -0.459 e. The van der Waals surface area contributed by atoms with Gasteiger partial charge in [-0.1, -0.05) is 13.0 Å². The van der Waals surface area contributed by atoms with Gasteiger partial charge in [0.05, 0.1) is 18.9 Å². The third kappa shape index (κ3) is 4.20. The Labute approximate surface area is 134 Å². The normalized spacial score (nSPS) is 11.8. The smallest absolute Gasteiger partial charge is 0.291 e. The molecule has 0 aliphatic carbocycles. The van der Waals surface area contributed by atoms with Crippen LogP contribution in [-0.4, -0.2) is 29.6 Å². The molecule has 2 rings (SSSR count). The topological polar surface area (TPSA) is 91.6 Å². The number of carbonyl (C=O) groups is 2. The highest BCUT2D eigenvalue weighted by atomic mass is 16.3. The quantitative estimate of drug-likeness (QED) is 0.763. The van der Waals surface area contributed by atoms with E-state index in [1.165, 1.54) is 6.26 Å². The summed E-state index contributed by atoms with van der Waals surface area (Å²) in [6.45, 7) is 3.60. The molecule has 23 heavy (non-hydrogen) atoms. The molecule has 0 bridgehead atoms. The second kappa shape index (κ2) is 7.60. The number of aliphatic hydroxyl groups is 1. The first-order valence-corrected chi connectivity index (χ1v) is 7.42. The number of hydrogen-bond acceptors (Lipinski definition) is 4. The van der Waals surface area contributed by atoms with Gasteiger partial charge in [-0.2, -0.15) is 0 Å². The van der Waals surface area contributed by atoms with Gasteiger partial charge in [0.1, 0.15) is 0 Å². The first-order valence-electron chi connectivity index (χ1n) is 7.42. The van der Waals surface area contributed by atoms with Crippen molar-refractivity contribution < 1.29 is 19.1 Å². The van der Waals surface area contributed by atoms with Gasteiger partial charge in [0, 0.05) is 11.3 Å². The van der Waals surface area contributed by atoms with Gasteiger partial charge in [0.2, 0.25) is 0 Å². The van der Waals surface area contributed by atoms with Gasteiger partial charge in [0.25, 0.3) is 11.8 Å². The van der Waals surface area contributed by atoms with E-state index in [1.807, 2.05) is 13.8 Å². The van der Waals surface area contributed by atoms with E-state index in [4.69, 9.17) is 9.52 Å². The molecule has 2 amide bonds. The van der Waals surface area contributed by atoms with Crippen molar-refractivity contribution in [2.75, 3.05) is 11.9 Å². The van der Waals surface area contributed by atoms with Gasteiger partial charge >= 0.3 is 0 Å². The molecule has 0 spiro atoms. The Kier molecular flexibility index (Phi) is 5.54. The van der Waals surface area contributed by atoms with Crippen LogP contribution in [0.5, 0.6) is 0 Å². The molecule has 2 aromatic rings. The molecule has 0 saturated carbocycles. The van der Waals surface area contributed by atoms with Gasteiger partial charge < -0.3 is 20.2 Å². The number of nitrogens with one attached hydrogen (secondary N) is 2. The number of hydrogen-bond donors (Lipinski definition) is 3. The fraction of sp³-hybridized carbons (Fsp3) is 0.294. The predicted molar refractivity (Wildman–Crippen MR) is 86.5 cm³/mol. The third-order valence-corrected chi connectivity index (χ3v) is 3.54. The summed E-state index contributed by atoms with van der Waals surface area (Å²) < 4.78 is 5.05. The van der Waals surface area contributed by atoms with Crippen molar-refractivity contribution in [1.29, 1.82) is 0 Å². The number of amides is 2. The van der Waals surface area contributed by atoms with Crippen LogP contribution in [0, 0.1) is 6.92 Å². The average molecular weight is 316 g/mol. The molecule has 1 unspecified atom stereocenters. The lowest BCUT2D eigenvalue weighted by Crippen LogP contribution is -2.36. The molecule has 0 saturated heterocycles. The lowest BCUT2D eigenvalue weighted by Gasteiger charge is -2.15. The van der Waals surface area contributed by atoms with Gasteiger partial charge in [-0.3, -0.25) is 9.59 Å². The monoisotopic (exact) mass is 316 g/mol. The Morgan fingerprint density at radius 1 is 1.26 bits per heavy atom. The van der Waals surface area contributed by atoms with Crippen molar-refractivity contribution in [3.63, 3.8) is 0 Å². The molecule has 6 nitrogen and oxygen atoms in total. The highest BCUT2D eigenvalue weighted by Gasteiger charge is 2.15. The Hall–Kier alpha value is -2.60. The number of anilines is 1. The SMILES string of the molecule is CCC(CO)NC(=O)c1ccc(C)c(NC(=O)c2ccco2)c1. The largest absolute Gasteiger partial charge is 0.459 e. The van der Waals surface area contributed by atoms with Crippen molar-refractivity contribution in [2.45, 2.75) is 26.3 Å². The maximum atomic E-state index is 12.2. The van der Waals surface area contributed by atoms with Crippen LogP contribution in [0.4, 0.5) is 5.69 Å². The zero-order chi connectivity index (χ0) is 16.8. The number of aliphatic hydroxyl groups excluding tert-OH is 1. The summed E-state index contributed by atoms with van der Waals surface area (Å²) in [5.74, 6) is -0.470. The number of aryl methyl sites for hydroxylation is 1. The standard InChI is InChI=1S/C17H20N2O4/c1-3-13(10-20)18-16(21)12-7-6-11(2)14(9-12)19-17(22)15-5-4-8-23-15/h4-9,13,20H,3,10H2,1-2H3,(H,18,21)(H,19,22). The molecule has 1 heterocycles. The Bertz CT molecular complexity index is 676. The van der Waals surface area contributed by atoms with Crippen molar-refractivity contribution in [3.8, 4) is 0 Å². The summed E-state index contributed by atoms with van der Waals surface area (Å²) in [5.41, 5.74) is 1.78. The predicted octanol–water partition coefficient (Wildman–Crippen LogP) is 2.34. The molecule has 0 aliphatic rings. The summed E-state index contributed by atoms with van der Waals surface area (Å²) in [5, 5.41) is 14.6. The Balaban J connectivity index is 2.15. The minimum absolute atomic E-state index is 0.115. The van der Waals surface area contributed by atoms with Gasteiger partial charge in [0.15, 0.2) is 5.76 Å². The number of benzene rings is 1. The molecule has 3 N–H and O–H groups in total. The van der Waals surface area contributed by atoms with E-state index in [1.54, 1.807) is 30.3 Å². The van der Waals surface area contributed by atoms with Crippen LogP contribution < -0.4 is 10.6 Å². The van der Waals surface area contributed by atoms with E-state index in [0.717, 1.165) is 5.56 Å². The third-order valence-electron chi connectivity index (χ3n) is 3.54. The van der Waals surface area contributed by atoms with Crippen molar-refractivity contribution in [3.05, 3.63) is 53.5 Å². The van der Waals surface area contributed by atoms with E-state index in [9.17, 15) is 9.59 Å². The first-order chi connectivity index (χ1) is 11.0. The molecule has 0 aliphatic heterocycles. The van der Waals surface area contributed by atoms with Crippen molar-refractivity contribution in [1.82, 2.24) is 5.32 Å². The summed E-state index contributed by atoms with van der Waals surface area (Å²) in [6, 6.07) is 7.95. The van der Waals surface area contributed by atoms with Gasteiger partial charge in [-0.05, 0) is 43.2 Å². The van der Waals surface area contributed by atoms with Gasteiger partial charge in [-0.25, -0.2) is 0 Å². The first kappa shape index (κ1) is 16.8. The van der Waals surface area contributed by atoms with E-state index < -0.39 is 0 Å². The average Bonchev–Trinajstić information content (AvgIpc) is 3.09. The second-order valence-electron chi connectivity index (χ2n) is 5.22. The fourth-order valence-corrected chi connectivity index (χ4v) is 2.04. The highest BCUT2D eigenvalue weighted by Crippen LogP contribution is 2.18. The molecule has 1 atom stereocenters. The maximum absolute atomic E-state index is 12.2. The van der Waals surface area contributed by atoms with Crippen LogP contribution in [-0.2, 0) is 0 Å². The van der Waals surface area contributed by atoms with Crippen LogP contribution in [0.15, 0.2) is 41.0 Å². The minimum atomic E-state index is -0.377. The second-order valence-corrected chi connectivity index (χ2v) is 5.22. The summed E-state index contributed by atoms with van der Waals surface area (Å²) in [7, 11) is 0. The maximum Gasteiger partial charge on any atom is 0.291 e. The van der Waals surface area contributed by atoms with E-state index in [-0.39, 0.29) is 30.2 Å². The molecule has 0 fully saturated rings. The van der Waals surface area contributed by atoms with Crippen LogP contribution in [0.25, 0.3) is 0 Å². The van der Waals surface area contributed by atoms with Crippen LogP contribution in [0.2, 0.25) is 0 Å². The Morgan fingerprint density at radius 3 is 2.65 bits per heavy atom. The molecular weight excluding hydrogens is 296 g/mol. The van der Waals surface area contributed by atoms with Crippen molar-refractivity contribution in [2.24, 2.45) is 0 Å². The van der Waals surface area contributed by atoms with Crippen LogP contribution in [0.1, 0.15) is 39.8 Å². The van der Waals surface area contributed by atoms with Gasteiger partial charge in [-0.15, -0.1) is 0 Å². The molecular formula is C17H20N2O4. The van der Waals surface area contributed by atoms with Crippen LogP contribution >= 0.6 is 0 Å². The zero-order valence-electron chi connectivity index (χ0n) is 13.1. The number of rotatable bonds is 6. The molecule has 122 valence electrons. The molecule has 1 aromatic heterocycles. The molecule has 1 aromatic carbocycles. The lowest BCUT2D eigenvalue weighted by molar-refractivity contribution is 0.0914. The summed E-state index contributed by atoms with van der Waals surface area (Å²) in [6.07, 6.45) is 2.06. The molecule has 6 heteroatoms. The zero-order valence-corrected chi connectivity index (χ0v) is 13.1. The van der Waals surface area contributed by atoms with E-state index >= 15 is 0 Å². The Morgan fingerprint density at radius 2 is 2.04 bits per heavy atom.